The molecule has 1 aromatic carbocycles. The predicted molar refractivity (Wildman–Crippen MR) is 55.8 cm³/mol. The van der Waals surface area contributed by atoms with E-state index in [1.54, 1.807) is 0 Å². The van der Waals surface area contributed by atoms with Crippen LogP contribution < -0.4 is 0 Å². The van der Waals surface area contributed by atoms with Gasteiger partial charge in [0.05, 0.1) is 5.56 Å². The second kappa shape index (κ2) is 3.99. The summed E-state index contributed by atoms with van der Waals surface area (Å²) in [7, 11) is 0. The molecule has 0 amide bonds. The summed E-state index contributed by atoms with van der Waals surface area (Å²) in [5.74, 6) is -1.08. The first-order chi connectivity index (χ1) is 6.73. The SMILES string of the molecule is CC(=O)c1cc(O)cc(I)c1C(F)(F)F. The Morgan fingerprint density at radius 2 is 1.93 bits per heavy atom. The Labute approximate surface area is 97.2 Å². The largest absolute Gasteiger partial charge is 0.508 e. The van der Waals surface area contributed by atoms with Crippen LogP contribution in [0.4, 0.5) is 13.2 Å². The molecule has 6 heteroatoms. The Kier molecular flexibility index (Phi) is 3.27. The van der Waals surface area contributed by atoms with Gasteiger partial charge in [0.25, 0.3) is 0 Å². The van der Waals surface area contributed by atoms with Gasteiger partial charge in [-0.25, -0.2) is 0 Å². The van der Waals surface area contributed by atoms with Gasteiger partial charge in [-0.15, -0.1) is 0 Å². The third kappa shape index (κ3) is 2.61. The van der Waals surface area contributed by atoms with Gasteiger partial charge in [0.15, 0.2) is 5.78 Å². The third-order valence-electron chi connectivity index (χ3n) is 1.74. The molecule has 0 radical (unpaired) electrons. The van der Waals surface area contributed by atoms with Crippen LogP contribution in [0.1, 0.15) is 22.8 Å². The lowest BCUT2D eigenvalue weighted by Crippen LogP contribution is -2.13. The van der Waals surface area contributed by atoms with E-state index in [-0.39, 0.29) is 9.32 Å². The molecular formula is C9H6F3IO2. The van der Waals surface area contributed by atoms with Crippen molar-refractivity contribution in [1.82, 2.24) is 0 Å². The molecule has 0 heterocycles. The molecule has 0 saturated heterocycles. The van der Waals surface area contributed by atoms with E-state index in [0.29, 0.717) is 0 Å². The van der Waals surface area contributed by atoms with Crippen LogP contribution in [0.3, 0.4) is 0 Å². The summed E-state index contributed by atoms with van der Waals surface area (Å²) in [5, 5.41) is 9.11. The highest BCUT2D eigenvalue weighted by molar-refractivity contribution is 14.1. The number of carbonyl (C=O) groups excluding carboxylic acids is 1. The fourth-order valence-corrected chi connectivity index (χ4v) is 2.07. The molecule has 82 valence electrons. The molecule has 0 aliphatic heterocycles. The van der Waals surface area contributed by atoms with Crippen LogP contribution in [0, 0.1) is 3.57 Å². The van der Waals surface area contributed by atoms with E-state index in [4.69, 9.17) is 5.11 Å². The van der Waals surface area contributed by atoms with Crippen molar-refractivity contribution in [1.29, 1.82) is 0 Å². The highest BCUT2D eigenvalue weighted by atomic mass is 127. The Bertz CT molecular complexity index is 413. The molecule has 0 saturated carbocycles. The minimum atomic E-state index is -4.59. The Morgan fingerprint density at radius 1 is 1.40 bits per heavy atom. The van der Waals surface area contributed by atoms with Crippen molar-refractivity contribution in [3.63, 3.8) is 0 Å². The van der Waals surface area contributed by atoms with Gasteiger partial charge in [0.1, 0.15) is 5.75 Å². The Balaban J connectivity index is 3.55. The normalized spacial score (nSPS) is 11.5. The maximum atomic E-state index is 12.6. The zero-order valence-corrected chi connectivity index (χ0v) is 9.68. The summed E-state index contributed by atoms with van der Waals surface area (Å²) in [6, 6.07) is 1.79. The topological polar surface area (TPSA) is 37.3 Å². The summed E-state index contributed by atoms with van der Waals surface area (Å²) in [4.78, 5) is 11.0. The number of alkyl halides is 3. The van der Waals surface area contributed by atoms with Gasteiger partial charge in [-0.2, -0.15) is 13.2 Å². The zero-order valence-electron chi connectivity index (χ0n) is 7.52. The third-order valence-corrected chi connectivity index (χ3v) is 2.59. The monoisotopic (exact) mass is 330 g/mol. The molecule has 1 rings (SSSR count). The van der Waals surface area contributed by atoms with Crippen molar-refractivity contribution < 1.29 is 23.1 Å². The lowest BCUT2D eigenvalue weighted by Gasteiger charge is -2.13. The summed E-state index contributed by atoms with van der Waals surface area (Å²) in [6.45, 7) is 1.03. The molecule has 0 bridgehead atoms. The molecule has 0 fully saturated rings. The van der Waals surface area contributed by atoms with Crippen molar-refractivity contribution in [3.8, 4) is 5.75 Å². The molecule has 2 nitrogen and oxygen atoms in total. The standard InChI is InChI=1S/C9H6F3IO2/c1-4(14)6-2-5(15)3-7(13)8(6)9(10,11)12/h2-3,15H,1H3. The van der Waals surface area contributed by atoms with Gasteiger partial charge in [-0.1, -0.05) is 0 Å². The number of aromatic hydroxyl groups is 1. The van der Waals surface area contributed by atoms with Gasteiger partial charge in [0, 0.05) is 9.13 Å². The van der Waals surface area contributed by atoms with Crippen LogP contribution >= 0.6 is 22.6 Å². The van der Waals surface area contributed by atoms with Crippen molar-refractivity contribution >= 4 is 28.4 Å². The number of halogens is 4. The van der Waals surface area contributed by atoms with E-state index in [1.165, 1.54) is 22.6 Å². The van der Waals surface area contributed by atoms with E-state index in [1.807, 2.05) is 0 Å². The lowest BCUT2D eigenvalue weighted by molar-refractivity contribution is -0.138. The second-order valence-electron chi connectivity index (χ2n) is 2.90. The van der Waals surface area contributed by atoms with Crippen molar-refractivity contribution in [3.05, 3.63) is 26.8 Å². The average Bonchev–Trinajstić information content (AvgIpc) is 1.99. The number of ketones is 1. The van der Waals surface area contributed by atoms with Gasteiger partial charge in [-0.05, 0) is 41.6 Å². The summed E-state index contributed by atoms with van der Waals surface area (Å²) in [6.07, 6.45) is -4.59. The van der Waals surface area contributed by atoms with E-state index in [0.717, 1.165) is 19.1 Å². The van der Waals surface area contributed by atoms with Crippen LogP contribution in [-0.4, -0.2) is 10.9 Å². The summed E-state index contributed by atoms with van der Waals surface area (Å²) >= 11 is 1.44. The van der Waals surface area contributed by atoms with Crippen LogP contribution in [0.5, 0.6) is 5.75 Å². The molecule has 0 aromatic heterocycles. The number of benzene rings is 1. The van der Waals surface area contributed by atoms with E-state index in [2.05, 4.69) is 0 Å². The van der Waals surface area contributed by atoms with Crippen LogP contribution in [0.15, 0.2) is 12.1 Å². The fourth-order valence-electron chi connectivity index (χ4n) is 1.16. The average molecular weight is 330 g/mol. The highest BCUT2D eigenvalue weighted by Gasteiger charge is 2.37. The molecule has 0 aliphatic carbocycles. The van der Waals surface area contributed by atoms with Crippen LogP contribution in [0.2, 0.25) is 0 Å². The Hall–Kier alpha value is -0.790. The first-order valence-electron chi connectivity index (χ1n) is 3.84. The summed E-state index contributed by atoms with van der Waals surface area (Å²) < 4.78 is 37.5. The van der Waals surface area contributed by atoms with Crippen LogP contribution in [0.25, 0.3) is 0 Å². The number of phenolic OH excluding ortho intramolecular Hbond substituents is 1. The minimum absolute atomic E-state index is 0.190. The highest BCUT2D eigenvalue weighted by Crippen LogP contribution is 2.37. The minimum Gasteiger partial charge on any atom is -0.508 e. The Morgan fingerprint density at radius 3 is 2.33 bits per heavy atom. The van der Waals surface area contributed by atoms with Crippen molar-refractivity contribution in [2.75, 3.05) is 0 Å². The predicted octanol–water partition coefficient (Wildman–Crippen LogP) is 3.22. The molecular weight excluding hydrogens is 324 g/mol. The van der Waals surface area contributed by atoms with Crippen LogP contribution in [-0.2, 0) is 6.18 Å². The lowest BCUT2D eigenvalue weighted by atomic mass is 10.0. The number of hydrogen-bond donors (Lipinski definition) is 1. The number of carbonyl (C=O) groups is 1. The van der Waals surface area contributed by atoms with Gasteiger partial charge >= 0.3 is 6.18 Å². The summed E-state index contributed by atoms with van der Waals surface area (Å²) in [5.41, 5.74) is -1.50. The first kappa shape index (κ1) is 12.3. The number of rotatable bonds is 1. The zero-order chi connectivity index (χ0) is 11.8. The van der Waals surface area contributed by atoms with Crippen molar-refractivity contribution in [2.45, 2.75) is 13.1 Å². The number of hydrogen-bond acceptors (Lipinski definition) is 2. The maximum absolute atomic E-state index is 12.6. The van der Waals surface area contributed by atoms with Crippen molar-refractivity contribution in [2.24, 2.45) is 0 Å². The molecule has 1 N–H and O–H groups in total. The second-order valence-corrected chi connectivity index (χ2v) is 4.07. The smallest absolute Gasteiger partial charge is 0.418 e. The molecule has 0 unspecified atom stereocenters. The number of Topliss-reactive ketones (excluding diaryl/α,β-unsaturated/α-hetero) is 1. The molecule has 0 atom stereocenters. The fraction of sp³-hybridized carbons (Fsp3) is 0.222. The van der Waals surface area contributed by atoms with Gasteiger partial charge in [-0.3, -0.25) is 4.79 Å². The van der Waals surface area contributed by atoms with E-state index in [9.17, 15) is 18.0 Å². The first-order valence-corrected chi connectivity index (χ1v) is 4.92. The quantitative estimate of drug-likeness (QED) is 0.634. The van der Waals surface area contributed by atoms with E-state index >= 15 is 0 Å². The molecule has 15 heavy (non-hydrogen) atoms. The molecule has 1 aromatic rings. The maximum Gasteiger partial charge on any atom is 0.418 e. The van der Waals surface area contributed by atoms with Gasteiger partial charge < -0.3 is 5.11 Å². The number of phenols is 1. The van der Waals surface area contributed by atoms with E-state index < -0.39 is 23.1 Å². The molecule has 0 aliphatic rings. The molecule has 0 spiro atoms. The van der Waals surface area contributed by atoms with Gasteiger partial charge in [0.2, 0.25) is 0 Å².